The minimum absolute atomic E-state index is 0.0109. The number of carbonyl (C=O) groups excluding carboxylic acids is 2. The molecule has 1 spiro atoms. The average molecular weight is 613 g/mol. The van der Waals surface area contributed by atoms with Crippen molar-refractivity contribution in [2.45, 2.75) is 58.6 Å². The maximum atomic E-state index is 14.2. The maximum absolute atomic E-state index is 14.2. The minimum Gasteiger partial charge on any atom is -0.454 e. The van der Waals surface area contributed by atoms with Crippen LogP contribution in [0.2, 0.25) is 10.0 Å². The highest BCUT2D eigenvalue weighted by Crippen LogP contribution is 2.70. The lowest BCUT2D eigenvalue weighted by Gasteiger charge is -2.37. The summed E-state index contributed by atoms with van der Waals surface area (Å²) in [6, 6.07) is 14.3. The van der Waals surface area contributed by atoms with Crippen molar-refractivity contribution < 1.29 is 22.7 Å². The zero-order valence-electron chi connectivity index (χ0n) is 23.1. The molecule has 0 radical (unpaired) electrons. The molecule has 7 rings (SSSR count). The van der Waals surface area contributed by atoms with Crippen LogP contribution in [0.3, 0.4) is 0 Å². The average Bonchev–Trinajstić information content (AvgIpc) is 3.53. The third-order valence-corrected chi connectivity index (χ3v) is 13.4. The third-order valence-electron chi connectivity index (χ3n) is 10.8. The zero-order valence-corrected chi connectivity index (χ0v) is 25.4. The van der Waals surface area contributed by atoms with E-state index in [4.69, 9.17) is 27.9 Å². The van der Waals surface area contributed by atoms with Crippen molar-refractivity contribution in [2.24, 2.45) is 22.7 Å². The number of hydrogen-bond donors (Lipinski definition) is 0. The maximum Gasteiger partial charge on any atom is 0.339 e. The fraction of sp³-hybridized carbons (Fsp3) is 0.438. The van der Waals surface area contributed by atoms with Crippen molar-refractivity contribution in [2.75, 3.05) is 5.75 Å². The van der Waals surface area contributed by atoms with Crippen LogP contribution in [0.4, 0.5) is 0 Å². The van der Waals surface area contributed by atoms with Crippen molar-refractivity contribution in [3.63, 3.8) is 0 Å². The quantitative estimate of drug-likeness (QED) is 0.292. The normalized spacial score (nSPS) is 30.4. The highest BCUT2D eigenvalue weighted by molar-refractivity contribution is 7.90. The van der Waals surface area contributed by atoms with E-state index in [-0.39, 0.29) is 38.3 Å². The molecule has 0 aromatic heterocycles. The van der Waals surface area contributed by atoms with Crippen LogP contribution in [0.1, 0.15) is 78.0 Å². The van der Waals surface area contributed by atoms with E-state index >= 15 is 0 Å². The van der Waals surface area contributed by atoms with Crippen molar-refractivity contribution in [1.29, 1.82) is 0 Å². The molecule has 5 atom stereocenters. The monoisotopic (exact) mass is 611 g/mol. The number of esters is 1. The molecule has 0 N–H and O–H groups in total. The van der Waals surface area contributed by atoms with Crippen LogP contribution in [0, 0.1) is 22.7 Å². The van der Waals surface area contributed by atoms with Gasteiger partial charge >= 0.3 is 5.97 Å². The first-order valence-electron chi connectivity index (χ1n) is 14.1. The van der Waals surface area contributed by atoms with Crippen molar-refractivity contribution >= 4 is 55.9 Å². The van der Waals surface area contributed by atoms with Gasteiger partial charge < -0.3 is 4.74 Å². The molecule has 1 saturated heterocycles. The van der Waals surface area contributed by atoms with E-state index in [2.05, 4.69) is 26.0 Å². The van der Waals surface area contributed by atoms with Gasteiger partial charge in [-0.25, -0.2) is 17.5 Å². The lowest BCUT2D eigenvalue weighted by Crippen LogP contribution is -2.44. The highest BCUT2D eigenvalue weighted by Gasteiger charge is 2.72. The second kappa shape index (κ2) is 8.95. The van der Waals surface area contributed by atoms with Crippen LogP contribution in [0.25, 0.3) is 10.8 Å². The van der Waals surface area contributed by atoms with E-state index in [9.17, 15) is 18.0 Å². The Hall–Kier alpha value is -2.61. The number of amides is 1. The standard InChI is InChI=1S/C32H31Cl2NO5S/c1-17-12-19-9-8-18-6-4-5-7-21(18)27(19)28(17)40-30(37)23-15-25(34)24(33)14-22(23)29(36)35-26-13-20-10-11-32(26,31(20,2)3)16-41(35,38)39/h4-9,14-15,17,20,26,28H,10-13,16H2,1-3H3/t17-,20-,26-,28-,32-/m1/s1. The molecule has 1 aliphatic heterocycles. The van der Waals surface area contributed by atoms with Crippen LogP contribution in [0.15, 0.2) is 48.5 Å². The van der Waals surface area contributed by atoms with Crippen LogP contribution >= 0.6 is 23.2 Å². The number of ether oxygens (including phenoxy) is 1. The Kier molecular flexibility index (Phi) is 5.94. The molecular formula is C32H31Cl2NO5S. The van der Waals surface area contributed by atoms with Crippen LogP contribution < -0.4 is 0 Å². The summed E-state index contributed by atoms with van der Waals surface area (Å²) >= 11 is 12.7. The van der Waals surface area contributed by atoms with E-state index in [1.807, 2.05) is 31.2 Å². The second-order valence-corrected chi connectivity index (χ2v) is 15.6. The summed E-state index contributed by atoms with van der Waals surface area (Å²) < 4.78 is 34.4. The Morgan fingerprint density at radius 1 is 1.02 bits per heavy atom. The Bertz CT molecular complexity index is 1770. The first kappa shape index (κ1) is 27.2. The molecule has 2 saturated carbocycles. The fourth-order valence-corrected chi connectivity index (χ4v) is 11.4. The summed E-state index contributed by atoms with van der Waals surface area (Å²) in [5.41, 5.74) is 1.20. The van der Waals surface area contributed by atoms with Gasteiger partial charge in [0.2, 0.25) is 10.0 Å². The molecule has 214 valence electrons. The van der Waals surface area contributed by atoms with Gasteiger partial charge in [-0.2, -0.15) is 0 Å². The summed E-state index contributed by atoms with van der Waals surface area (Å²) in [6.45, 7) is 6.28. The predicted molar refractivity (Wildman–Crippen MR) is 159 cm³/mol. The first-order valence-corrected chi connectivity index (χ1v) is 16.5. The number of rotatable bonds is 3. The number of halogens is 2. The molecule has 3 aromatic rings. The molecule has 3 fully saturated rings. The van der Waals surface area contributed by atoms with E-state index in [0.29, 0.717) is 12.3 Å². The topological polar surface area (TPSA) is 80.8 Å². The van der Waals surface area contributed by atoms with Crippen molar-refractivity contribution in [3.05, 3.63) is 80.8 Å². The molecule has 6 nitrogen and oxygen atoms in total. The molecule has 41 heavy (non-hydrogen) atoms. The van der Waals surface area contributed by atoms with Gasteiger partial charge in [0.25, 0.3) is 5.91 Å². The summed E-state index contributed by atoms with van der Waals surface area (Å²) in [5.74, 6) is -1.19. The highest BCUT2D eigenvalue weighted by atomic mass is 35.5. The van der Waals surface area contributed by atoms with E-state index in [1.54, 1.807) is 0 Å². The largest absolute Gasteiger partial charge is 0.454 e. The van der Waals surface area contributed by atoms with Crippen LogP contribution in [0.5, 0.6) is 0 Å². The number of carbonyl (C=O) groups is 2. The van der Waals surface area contributed by atoms with E-state index in [1.165, 1.54) is 12.1 Å². The predicted octanol–water partition coefficient (Wildman–Crippen LogP) is 7.22. The second-order valence-electron chi connectivity index (χ2n) is 12.9. The van der Waals surface area contributed by atoms with Gasteiger partial charge in [-0.15, -0.1) is 0 Å². The molecular weight excluding hydrogens is 581 g/mol. The van der Waals surface area contributed by atoms with E-state index < -0.39 is 39.5 Å². The Labute approximate surface area is 250 Å². The molecule has 1 amide bonds. The van der Waals surface area contributed by atoms with Gasteiger partial charge in [0.05, 0.1) is 33.0 Å². The van der Waals surface area contributed by atoms with Crippen LogP contribution in [-0.4, -0.2) is 36.4 Å². The smallest absolute Gasteiger partial charge is 0.339 e. The summed E-state index contributed by atoms with van der Waals surface area (Å²) in [4.78, 5) is 28.1. The lowest BCUT2D eigenvalue weighted by atomic mass is 9.69. The molecule has 3 aliphatic carbocycles. The Morgan fingerprint density at radius 2 is 1.73 bits per heavy atom. The number of hydrogen-bond acceptors (Lipinski definition) is 5. The molecule has 1 heterocycles. The SMILES string of the molecule is C[C@@H]1Cc2ccc3ccccc3c2[C@@H]1OC(=O)c1cc(Cl)c(Cl)cc1C(=O)N1[C@@H]2C[C@H]3CC[C@]2(CS1(=O)=O)C3(C)C. The van der Waals surface area contributed by atoms with Gasteiger partial charge in [-0.1, -0.05) is 80.4 Å². The Balaban J connectivity index is 1.27. The van der Waals surface area contributed by atoms with Crippen molar-refractivity contribution in [3.8, 4) is 0 Å². The fourth-order valence-electron chi connectivity index (χ4n) is 8.51. The molecule has 0 unspecified atom stereocenters. The molecule has 4 aliphatic rings. The van der Waals surface area contributed by atoms with E-state index in [0.717, 1.165) is 45.5 Å². The lowest BCUT2D eigenvalue weighted by molar-refractivity contribution is 0.0195. The van der Waals surface area contributed by atoms with Gasteiger partial charge in [0.15, 0.2) is 0 Å². The van der Waals surface area contributed by atoms with Crippen LogP contribution in [-0.2, 0) is 21.2 Å². The molecule has 9 heteroatoms. The number of fused-ring (bicyclic) bond motifs is 4. The molecule has 2 bridgehead atoms. The Morgan fingerprint density at radius 3 is 2.46 bits per heavy atom. The summed E-state index contributed by atoms with van der Waals surface area (Å²) in [7, 11) is -3.91. The minimum atomic E-state index is -3.91. The zero-order chi connectivity index (χ0) is 29.1. The van der Waals surface area contributed by atoms with Crippen molar-refractivity contribution in [1.82, 2.24) is 4.31 Å². The number of sulfonamides is 1. The van der Waals surface area contributed by atoms with Gasteiger partial charge in [0, 0.05) is 16.9 Å². The van der Waals surface area contributed by atoms with Gasteiger partial charge in [-0.05, 0) is 65.5 Å². The summed E-state index contributed by atoms with van der Waals surface area (Å²) in [5, 5.41) is 2.22. The third kappa shape index (κ3) is 3.71. The number of benzene rings is 3. The van der Waals surface area contributed by atoms with Gasteiger partial charge in [-0.3, -0.25) is 4.79 Å². The first-order chi connectivity index (χ1) is 19.4. The molecule has 3 aromatic carbocycles. The van der Waals surface area contributed by atoms with Gasteiger partial charge in [0.1, 0.15) is 6.10 Å². The summed E-state index contributed by atoms with van der Waals surface area (Å²) in [6.07, 6.45) is 2.56. The number of nitrogens with zero attached hydrogens (tertiary/aromatic N) is 1.